The number of carbonyl (C=O) groups is 2. The third-order valence-electron chi connectivity index (χ3n) is 3.93. The van der Waals surface area contributed by atoms with E-state index in [-0.39, 0.29) is 18.5 Å². The number of thiazole rings is 1. The van der Waals surface area contributed by atoms with Crippen molar-refractivity contribution >= 4 is 23.3 Å². The van der Waals surface area contributed by atoms with Gasteiger partial charge in [-0.15, -0.1) is 11.3 Å². The molecule has 1 unspecified atom stereocenters. The molecule has 3 N–H and O–H groups in total. The summed E-state index contributed by atoms with van der Waals surface area (Å²) in [4.78, 5) is 27.6. The molecule has 0 aliphatic heterocycles. The summed E-state index contributed by atoms with van der Waals surface area (Å²) in [5.41, 5.74) is 2.08. The van der Waals surface area contributed by atoms with Crippen molar-refractivity contribution < 1.29 is 14.7 Å². The maximum atomic E-state index is 12.2. The first-order valence-corrected chi connectivity index (χ1v) is 9.56. The van der Waals surface area contributed by atoms with E-state index in [9.17, 15) is 9.59 Å². The average Bonchev–Trinajstić information content (AvgIpc) is 3.08. The Kier molecular flexibility index (Phi) is 7.59. The highest BCUT2D eigenvalue weighted by atomic mass is 32.1. The monoisotopic (exact) mass is 375 g/mol. The Balaban J connectivity index is 1.88. The zero-order valence-corrected chi connectivity index (χ0v) is 15.9. The number of nitrogens with one attached hydrogen (secondary N) is 2. The highest BCUT2D eigenvalue weighted by Crippen LogP contribution is 2.17. The van der Waals surface area contributed by atoms with E-state index < -0.39 is 5.97 Å². The van der Waals surface area contributed by atoms with Crippen LogP contribution in [0.5, 0.6) is 0 Å². The first kappa shape index (κ1) is 19.9. The number of carboxylic acid groups (broad SMARTS) is 1. The van der Waals surface area contributed by atoms with Crippen molar-refractivity contribution in [3.8, 4) is 0 Å². The van der Waals surface area contributed by atoms with Crippen LogP contribution in [0, 0.1) is 0 Å². The van der Waals surface area contributed by atoms with Gasteiger partial charge in [-0.1, -0.05) is 44.2 Å². The molecule has 26 heavy (non-hydrogen) atoms. The van der Waals surface area contributed by atoms with Crippen LogP contribution in [0.3, 0.4) is 0 Å². The molecular formula is C19H25N3O3S. The Bertz CT molecular complexity index is 716. The predicted octanol–water partition coefficient (Wildman–Crippen LogP) is 3.54. The van der Waals surface area contributed by atoms with E-state index in [4.69, 9.17) is 5.11 Å². The first-order chi connectivity index (χ1) is 12.4. The Labute approximate surface area is 157 Å². The fourth-order valence-electron chi connectivity index (χ4n) is 2.49. The van der Waals surface area contributed by atoms with Gasteiger partial charge in [0.05, 0.1) is 12.2 Å². The minimum Gasteiger partial charge on any atom is -0.481 e. The second-order valence-corrected chi connectivity index (χ2v) is 7.41. The lowest BCUT2D eigenvalue weighted by atomic mass is 10.0. The van der Waals surface area contributed by atoms with E-state index in [0.717, 1.165) is 16.3 Å². The zero-order chi connectivity index (χ0) is 18.9. The number of nitrogens with zero attached hydrogens (tertiary/aromatic N) is 1. The van der Waals surface area contributed by atoms with Crippen LogP contribution >= 0.6 is 11.3 Å². The second-order valence-electron chi connectivity index (χ2n) is 6.47. The molecule has 0 radical (unpaired) electrons. The average molecular weight is 375 g/mol. The molecule has 7 heteroatoms. The second kappa shape index (κ2) is 9.91. The van der Waals surface area contributed by atoms with Crippen LogP contribution < -0.4 is 10.6 Å². The van der Waals surface area contributed by atoms with Crippen molar-refractivity contribution in [3.05, 3.63) is 52.0 Å². The van der Waals surface area contributed by atoms with Crippen LogP contribution in [0.15, 0.2) is 35.7 Å². The van der Waals surface area contributed by atoms with E-state index in [1.54, 1.807) is 0 Å². The van der Waals surface area contributed by atoms with Gasteiger partial charge in [-0.3, -0.25) is 4.79 Å². The summed E-state index contributed by atoms with van der Waals surface area (Å²) in [5, 5.41) is 17.5. The number of aliphatic carboxylic acids is 1. The van der Waals surface area contributed by atoms with E-state index in [1.807, 2.05) is 35.7 Å². The lowest BCUT2D eigenvalue weighted by molar-refractivity contribution is -0.137. The van der Waals surface area contributed by atoms with Crippen molar-refractivity contribution in [2.24, 2.45) is 0 Å². The number of hydrogen-bond donors (Lipinski definition) is 3. The van der Waals surface area contributed by atoms with Crippen LogP contribution in [-0.2, 0) is 17.8 Å². The smallest absolute Gasteiger partial charge is 0.315 e. The molecule has 2 aromatic rings. The quantitative estimate of drug-likeness (QED) is 0.625. The molecule has 1 atom stereocenters. The molecule has 1 aromatic heterocycles. The molecule has 1 aromatic carbocycles. The summed E-state index contributed by atoms with van der Waals surface area (Å²) in [6.45, 7) is 4.52. The van der Waals surface area contributed by atoms with Crippen molar-refractivity contribution in [1.29, 1.82) is 0 Å². The van der Waals surface area contributed by atoms with Gasteiger partial charge in [-0.2, -0.15) is 0 Å². The molecule has 0 spiro atoms. The van der Waals surface area contributed by atoms with Gasteiger partial charge in [0, 0.05) is 17.8 Å². The lowest BCUT2D eigenvalue weighted by Crippen LogP contribution is -2.43. The van der Waals surface area contributed by atoms with Gasteiger partial charge in [-0.05, 0) is 24.3 Å². The topological polar surface area (TPSA) is 91.3 Å². The molecule has 140 valence electrons. The van der Waals surface area contributed by atoms with Crippen LogP contribution in [0.4, 0.5) is 4.79 Å². The molecule has 0 aliphatic rings. The van der Waals surface area contributed by atoms with Gasteiger partial charge in [0.1, 0.15) is 5.01 Å². The van der Waals surface area contributed by atoms with Crippen LogP contribution in [0.1, 0.15) is 48.9 Å². The predicted molar refractivity (Wildman–Crippen MR) is 102 cm³/mol. The summed E-state index contributed by atoms with van der Waals surface area (Å²) >= 11 is 1.52. The summed E-state index contributed by atoms with van der Waals surface area (Å²) in [7, 11) is 0. The molecule has 2 rings (SSSR count). The summed E-state index contributed by atoms with van der Waals surface area (Å²) in [5.74, 6) is -0.505. The number of carboxylic acids is 1. The van der Waals surface area contributed by atoms with Crippen LogP contribution in [0.2, 0.25) is 0 Å². The van der Waals surface area contributed by atoms with Gasteiger partial charge < -0.3 is 15.7 Å². The molecule has 0 aliphatic carbocycles. The Morgan fingerprint density at radius 1 is 1.23 bits per heavy atom. The van der Waals surface area contributed by atoms with Crippen molar-refractivity contribution in [1.82, 2.24) is 15.6 Å². The minimum atomic E-state index is -0.866. The number of carbonyl (C=O) groups excluding carboxylic acids is 1. The number of rotatable bonds is 9. The van der Waals surface area contributed by atoms with Gasteiger partial charge in [0.15, 0.2) is 0 Å². The fraction of sp³-hybridized carbons (Fsp3) is 0.421. The summed E-state index contributed by atoms with van der Waals surface area (Å²) in [6, 6.07) is 9.17. The largest absolute Gasteiger partial charge is 0.481 e. The van der Waals surface area contributed by atoms with Crippen molar-refractivity contribution in [2.75, 3.05) is 0 Å². The Morgan fingerprint density at radius 2 is 1.96 bits per heavy atom. The van der Waals surface area contributed by atoms with Gasteiger partial charge >= 0.3 is 12.0 Å². The molecule has 1 heterocycles. The standard InChI is InChI=1S/C19H25N3O3S/c1-13(2)16-12-26-17(22-16)11-20-19(25)21-15(8-9-18(23)24)10-14-6-4-3-5-7-14/h3-7,12-13,15H,8-11H2,1-2H3,(H,23,24)(H2,20,21,25). The zero-order valence-electron chi connectivity index (χ0n) is 15.1. The van der Waals surface area contributed by atoms with Gasteiger partial charge in [-0.25, -0.2) is 9.78 Å². The number of amides is 2. The SMILES string of the molecule is CC(C)c1csc(CNC(=O)NC(CCC(=O)O)Cc2ccccc2)n1. The maximum Gasteiger partial charge on any atom is 0.315 e. The number of urea groups is 1. The fourth-order valence-corrected chi connectivity index (χ4v) is 3.38. The molecule has 2 amide bonds. The third-order valence-corrected chi connectivity index (χ3v) is 4.80. The molecule has 0 saturated carbocycles. The Morgan fingerprint density at radius 3 is 2.58 bits per heavy atom. The molecule has 0 saturated heterocycles. The van der Waals surface area contributed by atoms with E-state index in [1.165, 1.54) is 11.3 Å². The first-order valence-electron chi connectivity index (χ1n) is 8.68. The number of benzene rings is 1. The van der Waals surface area contributed by atoms with Gasteiger partial charge in [0.2, 0.25) is 0 Å². The molecule has 0 bridgehead atoms. The summed E-state index contributed by atoms with van der Waals surface area (Å²) in [6.07, 6.45) is 0.991. The van der Waals surface area contributed by atoms with Crippen LogP contribution in [-0.4, -0.2) is 28.1 Å². The molecule has 6 nitrogen and oxygen atoms in total. The number of hydrogen-bond acceptors (Lipinski definition) is 4. The molecule has 0 fully saturated rings. The minimum absolute atomic E-state index is 0.0159. The maximum absolute atomic E-state index is 12.2. The summed E-state index contributed by atoms with van der Waals surface area (Å²) < 4.78 is 0. The van der Waals surface area contributed by atoms with Crippen LogP contribution in [0.25, 0.3) is 0 Å². The Hall–Kier alpha value is -2.41. The third kappa shape index (κ3) is 6.84. The van der Waals surface area contributed by atoms with Gasteiger partial charge in [0.25, 0.3) is 0 Å². The molecular weight excluding hydrogens is 350 g/mol. The lowest BCUT2D eigenvalue weighted by Gasteiger charge is -2.18. The highest BCUT2D eigenvalue weighted by Gasteiger charge is 2.15. The normalized spacial score (nSPS) is 12.0. The number of aromatic nitrogens is 1. The van der Waals surface area contributed by atoms with Crippen molar-refractivity contribution in [3.63, 3.8) is 0 Å². The van der Waals surface area contributed by atoms with E-state index in [0.29, 0.717) is 25.3 Å². The van der Waals surface area contributed by atoms with Crippen molar-refractivity contribution in [2.45, 2.75) is 51.6 Å². The highest BCUT2D eigenvalue weighted by molar-refractivity contribution is 7.09. The van der Waals surface area contributed by atoms with E-state index >= 15 is 0 Å². The van der Waals surface area contributed by atoms with E-state index in [2.05, 4.69) is 29.5 Å².